The number of aromatic amines is 1. The van der Waals surface area contributed by atoms with E-state index >= 15 is 0 Å². The third kappa shape index (κ3) is 2.56. The minimum Gasteiger partial charge on any atom is -0.493 e. The highest BCUT2D eigenvalue weighted by Gasteiger charge is 2.19. The van der Waals surface area contributed by atoms with Crippen LogP contribution in [-0.4, -0.2) is 36.6 Å². The highest BCUT2D eigenvalue weighted by molar-refractivity contribution is 5.63. The van der Waals surface area contributed by atoms with Gasteiger partial charge in [-0.25, -0.2) is 0 Å². The molecule has 99 valence electrons. The predicted molar refractivity (Wildman–Crippen MR) is 69.3 cm³/mol. The molecule has 0 saturated carbocycles. The normalized spacial score (nSPS) is 18.5. The number of rotatable bonds is 4. The first-order valence-corrected chi connectivity index (χ1v) is 6.20. The maximum Gasteiger partial charge on any atom is 0.162 e. The molecule has 0 amide bonds. The van der Waals surface area contributed by atoms with Crippen LogP contribution in [0.2, 0.25) is 0 Å². The Bertz CT molecular complexity index is 534. The first-order valence-electron chi connectivity index (χ1n) is 6.20. The van der Waals surface area contributed by atoms with Crippen LogP contribution in [0, 0.1) is 6.07 Å². The maximum atomic E-state index is 5.94. The molecule has 1 aliphatic rings. The van der Waals surface area contributed by atoms with Gasteiger partial charge in [-0.1, -0.05) is 0 Å². The summed E-state index contributed by atoms with van der Waals surface area (Å²) in [6.07, 6.45) is 2.60. The number of benzene rings is 1. The van der Waals surface area contributed by atoms with Gasteiger partial charge in [0.05, 0.1) is 32.2 Å². The number of methoxy groups -OCH3 is 1. The lowest BCUT2D eigenvalue weighted by molar-refractivity contribution is 0.138. The monoisotopic (exact) mass is 259 g/mol. The van der Waals surface area contributed by atoms with Crippen LogP contribution in [0.1, 0.15) is 6.42 Å². The Balaban J connectivity index is 1.88. The summed E-state index contributed by atoms with van der Waals surface area (Å²) in [6, 6.07) is 8.79. The molecular weight excluding hydrogens is 244 g/mol. The van der Waals surface area contributed by atoms with Crippen LogP contribution in [0.5, 0.6) is 11.5 Å². The third-order valence-corrected chi connectivity index (χ3v) is 3.08. The number of nitrogens with one attached hydrogen (secondary N) is 1. The van der Waals surface area contributed by atoms with E-state index < -0.39 is 0 Å². The molecule has 3 rings (SSSR count). The molecule has 5 heteroatoms. The van der Waals surface area contributed by atoms with Crippen molar-refractivity contribution in [3.8, 4) is 22.8 Å². The zero-order valence-corrected chi connectivity index (χ0v) is 10.7. The molecule has 0 aliphatic carbocycles. The van der Waals surface area contributed by atoms with E-state index in [4.69, 9.17) is 14.2 Å². The first kappa shape index (κ1) is 12.0. The minimum absolute atomic E-state index is 0.0925. The van der Waals surface area contributed by atoms with Crippen LogP contribution in [-0.2, 0) is 4.74 Å². The summed E-state index contributed by atoms with van der Waals surface area (Å²) in [5.74, 6) is 1.44. The van der Waals surface area contributed by atoms with Gasteiger partial charge >= 0.3 is 0 Å². The number of H-pyrrole nitrogens is 1. The van der Waals surface area contributed by atoms with Gasteiger partial charge in [0.1, 0.15) is 6.10 Å². The summed E-state index contributed by atoms with van der Waals surface area (Å²) < 4.78 is 16.6. The Morgan fingerprint density at radius 3 is 3.05 bits per heavy atom. The second-order valence-corrected chi connectivity index (χ2v) is 4.36. The molecule has 19 heavy (non-hydrogen) atoms. The molecule has 1 aliphatic heterocycles. The molecule has 1 N–H and O–H groups in total. The smallest absolute Gasteiger partial charge is 0.162 e. The van der Waals surface area contributed by atoms with Gasteiger partial charge < -0.3 is 14.2 Å². The molecule has 1 fully saturated rings. The average Bonchev–Trinajstić information content (AvgIpc) is 3.11. The van der Waals surface area contributed by atoms with Gasteiger partial charge in [0.2, 0.25) is 0 Å². The summed E-state index contributed by atoms with van der Waals surface area (Å²) in [5.41, 5.74) is 1.79. The average molecular weight is 259 g/mol. The van der Waals surface area contributed by atoms with Crippen LogP contribution in [0.15, 0.2) is 24.4 Å². The Morgan fingerprint density at radius 1 is 1.42 bits per heavy atom. The lowest BCUT2D eigenvalue weighted by Crippen LogP contribution is -2.16. The summed E-state index contributed by atoms with van der Waals surface area (Å²) in [7, 11) is 1.63. The van der Waals surface area contributed by atoms with Crippen LogP contribution in [0.3, 0.4) is 0 Å². The van der Waals surface area contributed by atoms with Crippen LogP contribution < -0.4 is 9.47 Å². The summed E-state index contributed by atoms with van der Waals surface area (Å²) >= 11 is 0. The molecule has 2 heterocycles. The van der Waals surface area contributed by atoms with E-state index in [0.29, 0.717) is 6.61 Å². The van der Waals surface area contributed by atoms with Gasteiger partial charge in [-0.2, -0.15) is 5.10 Å². The molecule has 1 aromatic heterocycles. The SMILES string of the molecule is COc1ccc(-c2[c]cn[nH]2)cc1O[C@@H]1CCOC1. The lowest BCUT2D eigenvalue weighted by Gasteiger charge is -2.15. The number of nitrogens with zero attached hydrogens (tertiary/aromatic N) is 1. The molecule has 5 nitrogen and oxygen atoms in total. The van der Waals surface area contributed by atoms with Crippen LogP contribution >= 0.6 is 0 Å². The van der Waals surface area contributed by atoms with Gasteiger partial charge in [0, 0.05) is 18.1 Å². The van der Waals surface area contributed by atoms with E-state index in [0.717, 1.165) is 35.8 Å². The Kier molecular flexibility index (Phi) is 3.37. The Labute approximate surface area is 111 Å². The highest BCUT2D eigenvalue weighted by Crippen LogP contribution is 2.33. The Morgan fingerprint density at radius 2 is 2.37 bits per heavy atom. The zero-order valence-electron chi connectivity index (χ0n) is 10.7. The first-order chi connectivity index (χ1) is 9.36. The number of aromatic nitrogens is 2. The molecule has 1 atom stereocenters. The van der Waals surface area contributed by atoms with Crippen molar-refractivity contribution in [2.24, 2.45) is 0 Å². The molecule has 0 unspecified atom stereocenters. The largest absolute Gasteiger partial charge is 0.493 e. The fourth-order valence-electron chi connectivity index (χ4n) is 2.08. The van der Waals surface area contributed by atoms with Crippen molar-refractivity contribution in [2.45, 2.75) is 12.5 Å². The van der Waals surface area contributed by atoms with Crippen molar-refractivity contribution in [3.63, 3.8) is 0 Å². The number of hydrogen-bond acceptors (Lipinski definition) is 4. The highest BCUT2D eigenvalue weighted by atomic mass is 16.6. The van der Waals surface area contributed by atoms with Crippen LogP contribution in [0.4, 0.5) is 0 Å². The standard InChI is InChI=1S/C14H15N2O3/c1-17-13-3-2-10(12-4-6-15-16-12)8-14(13)19-11-5-7-18-9-11/h2-3,6,8,11H,5,7,9H2,1H3,(H,15,16)/t11-/m1/s1. The van der Waals surface area contributed by atoms with E-state index in [-0.39, 0.29) is 6.10 Å². The topological polar surface area (TPSA) is 56.4 Å². The van der Waals surface area contributed by atoms with Crippen molar-refractivity contribution >= 4 is 0 Å². The van der Waals surface area contributed by atoms with E-state index in [1.165, 1.54) is 0 Å². The van der Waals surface area contributed by atoms with Crippen molar-refractivity contribution < 1.29 is 14.2 Å². The maximum absolute atomic E-state index is 5.94. The second kappa shape index (κ2) is 5.32. The quantitative estimate of drug-likeness (QED) is 0.913. The summed E-state index contributed by atoms with van der Waals surface area (Å²) in [5, 5.41) is 6.79. The number of hydrogen-bond donors (Lipinski definition) is 1. The van der Waals surface area contributed by atoms with E-state index in [1.807, 2.05) is 18.2 Å². The van der Waals surface area contributed by atoms with Crippen molar-refractivity contribution in [1.82, 2.24) is 10.2 Å². The predicted octanol–water partition coefficient (Wildman–Crippen LogP) is 2.05. The van der Waals surface area contributed by atoms with E-state index in [2.05, 4.69) is 16.3 Å². The molecular formula is C14H15N2O3. The number of ether oxygens (including phenoxy) is 3. The van der Waals surface area contributed by atoms with Gasteiger partial charge in [0.25, 0.3) is 0 Å². The van der Waals surface area contributed by atoms with Gasteiger partial charge in [-0.3, -0.25) is 5.10 Å². The molecule has 0 bridgehead atoms. The second-order valence-electron chi connectivity index (χ2n) is 4.36. The fraction of sp³-hybridized carbons (Fsp3) is 0.357. The third-order valence-electron chi connectivity index (χ3n) is 3.08. The van der Waals surface area contributed by atoms with Crippen molar-refractivity contribution in [1.29, 1.82) is 0 Å². The van der Waals surface area contributed by atoms with E-state index in [9.17, 15) is 0 Å². The van der Waals surface area contributed by atoms with Crippen molar-refractivity contribution in [3.05, 3.63) is 30.5 Å². The van der Waals surface area contributed by atoms with Gasteiger partial charge in [-0.15, -0.1) is 0 Å². The minimum atomic E-state index is 0.0925. The summed E-state index contributed by atoms with van der Waals surface area (Å²) in [4.78, 5) is 0. The van der Waals surface area contributed by atoms with Crippen molar-refractivity contribution in [2.75, 3.05) is 20.3 Å². The molecule has 1 radical (unpaired) electrons. The van der Waals surface area contributed by atoms with Gasteiger partial charge in [-0.05, 0) is 18.2 Å². The molecule has 1 aromatic carbocycles. The van der Waals surface area contributed by atoms with Crippen LogP contribution in [0.25, 0.3) is 11.3 Å². The zero-order chi connectivity index (χ0) is 13.1. The van der Waals surface area contributed by atoms with E-state index in [1.54, 1.807) is 13.3 Å². The molecule has 2 aromatic rings. The molecule has 0 spiro atoms. The lowest BCUT2D eigenvalue weighted by atomic mass is 10.1. The van der Waals surface area contributed by atoms with Gasteiger partial charge in [0.15, 0.2) is 11.5 Å². The summed E-state index contributed by atoms with van der Waals surface area (Å²) in [6.45, 7) is 1.38. The molecule has 1 saturated heterocycles. The fourth-order valence-corrected chi connectivity index (χ4v) is 2.08. The Hall–Kier alpha value is -2.01.